The zero-order valence-electron chi connectivity index (χ0n) is 17.0. The molecular weight excluding hydrogens is 356 g/mol. The molecule has 0 spiro atoms. The van der Waals surface area contributed by atoms with E-state index < -0.39 is 11.9 Å². The van der Waals surface area contributed by atoms with E-state index in [1.807, 2.05) is 17.7 Å². The highest BCUT2D eigenvalue weighted by molar-refractivity contribution is 6.06. The summed E-state index contributed by atoms with van der Waals surface area (Å²) in [5.74, 6) is -1.01. The topological polar surface area (TPSA) is 88.3 Å². The first-order valence-corrected chi connectivity index (χ1v) is 10.1. The maximum Gasteiger partial charge on any atom is 0.308 e. The molecule has 1 unspecified atom stereocenters. The van der Waals surface area contributed by atoms with Crippen molar-refractivity contribution in [2.45, 2.75) is 64.8 Å². The summed E-state index contributed by atoms with van der Waals surface area (Å²) in [4.78, 5) is 31.5. The molecule has 1 aliphatic heterocycles. The third kappa shape index (κ3) is 3.27. The Bertz CT molecular complexity index is 953. The van der Waals surface area contributed by atoms with Crippen molar-refractivity contribution < 1.29 is 14.7 Å². The highest BCUT2D eigenvalue weighted by atomic mass is 16.4. The number of pyridine rings is 1. The van der Waals surface area contributed by atoms with E-state index in [2.05, 4.69) is 20.8 Å². The monoisotopic (exact) mass is 384 g/mol. The number of rotatable bonds is 3. The number of hydrogen-bond acceptors (Lipinski definition) is 4. The van der Waals surface area contributed by atoms with Gasteiger partial charge in [0, 0.05) is 24.7 Å². The number of aliphatic carboxylic acids is 1. The minimum atomic E-state index is -0.826. The first-order chi connectivity index (χ1) is 13.2. The van der Waals surface area contributed by atoms with Gasteiger partial charge in [-0.05, 0) is 59.4 Å². The van der Waals surface area contributed by atoms with Gasteiger partial charge in [-0.25, -0.2) is 9.67 Å². The highest BCUT2D eigenvalue weighted by Crippen LogP contribution is 2.41. The first kappa shape index (κ1) is 18.9. The second-order valence-electron chi connectivity index (χ2n) is 9.16. The van der Waals surface area contributed by atoms with Gasteiger partial charge in [-0.15, -0.1) is 0 Å². The molecule has 28 heavy (non-hydrogen) atoms. The molecule has 150 valence electrons. The van der Waals surface area contributed by atoms with Gasteiger partial charge in [0.2, 0.25) is 0 Å². The van der Waals surface area contributed by atoms with Crippen LogP contribution in [0.5, 0.6) is 0 Å². The van der Waals surface area contributed by atoms with Crippen molar-refractivity contribution in [3.63, 3.8) is 0 Å². The van der Waals surface area contributed by atoms with Crippen LogP contribution in [0.1, 0.15) is 74.1 Å². The van der Waals surface area contributed by atoms with Crippen molar-refractivity contribution in [3.05, 3.63) is 23.0 Å². The third-order valence-corrected chi connectivity index (χ3v) is 5.75. The largest absolute Gasteiger partial charge is 0.481 e. The molecule has 1 saturated carbocycles. The normalized spacial score (nSPS) is 20.6. The zero-order valence-corrected chi connectivity index (χ0v) is 17.0. The molecule has 1 N–H and O–H groups in total. The van der Waals surface area contributed by atoms with Crippen LogP contribution in [0.4, 0.5) is 0 Å². The Morgan fingerprint density at radius 1 is 1.21 bits per heavy atom. The molecule has 7 heteroatoms. The number of carboxylic acids is 1. The number of carbonyl (C=O) groups excluding carboxylic acids is 1. The minimum absolute atomic E-state index is 0.100. The van der Waals surface area contributed by atoms with Gasteiger partial charge in [0.05, 0.1) is 28.1 Å². The molecule has 2 fully saturated rings. The molecule has 4 rings (SSSR count). The van der Waals surface area contributed by atoms with Crippen molar-refractivity contribution in [3.8, 4) is 0 Å². The molecule has 2 aromatic rings. The Labute approximate surface area is 164 Å². The summed E-state index contributed by atoms with van der Waals surface area (Å²) in [6.45, 7) is 9.01. The molecule has 1 amide bonds. The smallest absolute Gasteiger partial charge is 0.308 e. The van der Waals surface area contributed by atoms with E-state index in [1.165, 1.54) is 0 Å². The van der Waals surface area contributed by atoms with Crippen LogP contribution in [0.15, 0.2) is 6.07 Å². The number of fused-ring (bicyclic) bond motifs is 1. The lowest BCUT2D eigenvalue weighted by molar-refractivity contribution is -0.143. The van der Waals surface area contributed by atoms with Crippen LogP contribution in [-0.2, 0) is 10.3 Å². The van der Waals surface area contributed by atoms with Crippen LogP contribution in [-0.4, -0.2) is 49.7 Å². The number of likely N-dealkylation sites (tertiary alicyclic amines) is 1. The van der Waals surface area contributed by atoms with Crippen LogP contribution in [0, 0.1) is 12.8 Å². The van der Waals surface area contributed by atoms with Gasteiger partial charge in [0.25, 0.3) is 5.91 Å². The molecule has 2 aliphatic rings. The predicted molar refractivity (Wildman–Crippen MR) is 105 cm³/mol. The van der Waals surface area contributed by atoms with Gasteiger partial charge in [-0.3, -0.25) is 9.59 Å². The predicted octanol–water partition coefficient (Wildman–Crippen LogP) is 3.31. The zero-order chi connectivity index (χ0) is 20.2. The molecular formula is C21H28N4O3. The standard InChI is InChI=1S/C21H28N4O3/c1-12-17-15(19(26)24-9-5-6-14(11-24)20(27)28)10-16(13-7-8-13)22-18(17)25(23-12)21(2,3)4/h10,13-14H,5-9,11H2,1-4H3,(H,27,28). The fraction of sp³-hybridized carbons (Fsp3) is 0.619. The summed E-state index contributed by atoms with van der Waals surface area (Å²) < 4.78 is 1.91. The third-order valence-electron chi connectivity index (χ3n) is 5.75. The Morgan fingerprint density at radius 3 is 2.54 bits per heavy atom. The number of piperidine rings is 1. The molecule has 3 heterocycles. The summed E-state index contributed by atoms with van der Waals surface area (Å²) in [5, 5.41) is 14.9. The summed E-state index contributed by atoms with van der Waals surface area (Å²) in [5.41, 5.74) is 2.86. The summed E-state index contributed by atoms with van der Waals surface area (Å²) in [6.07, 6.45) is 3.53. The van der Waals surface area contributed by atoms with Crippen LogP contribution in [0.25, 0.3) is 11.0 Å². The molecule has 1 atom stereocenters. The molecule has 0 radical (unpaired) electrons. The second kappa shape index (κ2) is 6.57. The van der Waals surface area contributed by atoms with Gasteiger partial charge >= 0.3 is 5.97 Å². The molecule has 7 nitrogen and oxygen atoms in total. The lowest BCUT2D eigenvalue weighted by atomic mass is 9.97. The van der Waals surface area contributed by atoms with E-state index >= 15 is 0 Å². The average molecular weight is 384 g/mol. The Kier molecular flexibility index (Phi) is 4.43. The number of hydrogen-bond donors (Lipinski definition) is 1. The van der Waals surface area contributed by atoms with E-state index in [1.54, 1.807) is 4.90 Å². The minimum Gasteiger partial charge on any atom is -0.481 e. The van der Waals surface area contributed by atoms with E-state index in [0.29, 0.717) is 30.9 Å². The van der Waals surface area contributed by atoms with Gasteiger partial charge in [-0.1, -0.05) is 0 Å². The maximum absolute atomic E-state index is 13.5. The SMILES string of the molecule is Cc1nn(C(C)(C)C)c2nc(C3CC3)cc(C(=O)N3CCCC(C(=O)O)C3)c12. The van der Waals surface area contributed by atoms with Crippen molar-refractivity contribution >= 4 is 22.9 Å². The van der Waals surface area contributed by atoms with Crippen molar-refractivity contribution in [1.82, 2.24) is 19.7 Å². The van der Waals surface area contributed by atoms with Crippen LogP contribution < -0.4 is 0 Å². The molecule has 1 saturated heterocycles. The van der Waals surface area contributed by atoms with Gasteiger partial charge in [-0.2, -0.15) is 5.10 Å². The second-order valence-corrected chi connectivity index (χ2v) is 9.16. The lowest BCUT2D eigenvalue weighted by Gasteiger charge is -2.31. The number of amides is 1. The van der Waals surface area contributed by atoms with Crippen LogP contribution in [0.3, 0.4) is 0 Å². The van der Waals surface area contributed by atoms with Crippen LogP contribution in [0.2, 0.25) is 0 Å². The quantitative estimate of drug-likeness (QED) is 0.877. The summed E-state index contributed by atoms with van der Waals surface area (Å²) >= 11 is 0. The van der Waals surface area contributed by atoms with Crippen molar-refractivity contribution in [2.75, 3.05) is 13.1 Å². The molecule has 2 aromatic heterocycles. The van der Waals surface area contributed by atoms with Crippen LogP contribution >= 0.6 is 0 Å². The average Bonchev–Trinajstić information content (AvgIpc) is 3.43. The number of nitrogens with zero attached hydrogens (tertiary/aromatic N) is 4. The lowest BCUT2D eigenvalue weighted by Crippen LogP contribution is -2.42. The maximum atomic E-state index is 13.5. The van der Waals surface area contributed by atoms with E-state index in [4.69, 9.17) is 10.1 Å². The number of carboxylic acid groups (broad SMARTS) is 1. The summed E-state index contributed by atoms with van der Waals surface area (Å²) in [7, 11) is 0. The number of aromatic nitrogens is 3. The summed E-state index contributed by atoms with van der Waals surface area (Å²) in [6, 6.07) is 1.92. The number of carbonyl (C=O) groups is 2. The highest BCUT2D eigenvalue weighted by Gasteiger charge is 2.33. The van der Waals surface area contributed by atoms with Crippen molar-refractivity contribution in [2.24, 2.45) is 5.92 Å². The van der Waals surface area contributed by atoms with E-state index in [9.17, 15) is 14.7 Å². The Hall–Kier alpha value is -2.44. The molecule has 1 aliphatic carbocycles. The van der Waals surface area contributed by atoms with Gasteiger partial charge in [0.1, 0.15) is 0 Å². The van der Waals surface area contributed by atoms with Gasteiger partial charge < -0.3 is 10.0 Å². The molecule has 0 bridgehead atoms. The fourth-order valence-electron chi connectivity index (χ4n) is 4.07. The number of aryl methyl sites for hydroxylation is 1. The Morgan fingerprint density at radius 2 is 1.93 bits per heavy atom. The van der Waals surface area contributed by atoms with Crippen molar-refractivity contribution in [1.29, 1.82) is 0 Å². The van der Waals surface area contributed by atoms with E-state index in [0.717, 1.165) is 35.3 Å². The fourth-order valence-corrected chi connectivity index (χ4v) is 4.07. The van der Waals surface area contributed by atoms with E-state index in [-0.39, 0.29) is 18.0 Å². The Balaban J connectivity index is 1.82. The first-order valence-electron chi connectivity index (χ1n) is 10.1. The molecule has 0 aromatic carbocycles. The van der Waals surface area contributed by atoms with Gasteiger partial charge in [0.15, 0.2) is 5.65 Å².